The van der Waals surface area contributed by atoms with Crippen LogP contribution in [0.5, 0.6) is 0 Å². The molecule has 2 rings (SSSR count). The summed E-state index contributed by atoms with van der Waals surface area (Å²) in [5.74, 6) is 0. The predicted octanol–water partition coefficient (Wildman–Crippen LogP) is 2.68. The summed E-state index contributed by atoms with van der Waals surface area (Å²) in [6, 6.07) is 13.2. The number of likely N-dealkylation sites (N-methyl/N-ethyl adjacent to an activating group) is 1. The number of rotatable bonds is 5. The summed E-state index contributed by atoms with van der Waals surface area (Å²) in [7, 11) is 1.98. The molecule has 2 atom stereocenters. The third kappa shape index (κ3) is 3.88. The molecule has 1 heterocycles. The van der Waals surface area contributed by atoms with Crippen LogP contribution in [0.1, 0.15) is 35.8 Å². The summed E-state index contributed by atoms with van der Waals surface area (Å²) < 4.78 is 0. The Morgan fingerprint density at radius 1 is 1.24 bits per heavy atom. The number of pyridine rings is 1. The summed E-state index contributed by atoms with van der Waals surface area (Å²) in [4.78, 5) is 6.21. The molecule has 1 aromatic heterocycles. The topological polar surface area (TPSA) is 60.1 Å². The molecule has 0 spiro atoms. The Morgan fingerprint density at radius 3 is 2.52 bits per heavy atom. The first kappa shape index (κ1) is 15.2. The maximum absolute atomic E-state index is 10.3. The second-order valence-electron chi connectivity index (χ2n) is 5.15. The number of aromatic nitrogens is 1. The summed E-state index contributed by atoms with van der Waals surface area (Å²) in [5, 5.41) is 19.1. The van der Waals surface area contributed by atoms with E-state index in [1.165, 1.54) is 0 Å². The van der Waals surface area contributed by atoms with Crippen molar-refractivity contribution in [1.82, 2.24) is 9.88 Å². The number of benzene rings is 1. The Hall–Kier alpha value is -2.22. The molecule has 0 saturated carbocycles. The highest BCUT2D eigenvalue weighted by Crippen LogP contribution is 2.21. The van der Waals surface area contributed by atoms with Crippen molar-refractivity contribution in [1.29, 1.82) is 5.26 Å². The van der Waals surface area contributed by atoms with Crippen molar-refractivity contribution in [3.05, 3.63) is 65.5 Å². The van der Waals surface area contributed by atoms with Gasteiger partial charge < -0.3 is 5.11 Å². The Bertz CT molecular complexity index is 604. The number of hydrogen-bond donors (Lipinski definition) is 1. The molecule has 0 fully saturated rings. The van der Waals surface area contributed by atoms with Gasteiger partial charge in [-0.05, 0) is 43.3 Å². The minimum atomic E-state index is -0.582. The Labute approximate surface area is 125 Å². The van der Waals surface area contributed by atoms with Crippen LogP contribution in [-0.4, -0.2) is 28.6 Å². The van der Waals surface area contributed by atoms with Crippen LogP contribution in [0.3, 0.4) is 0 Å². The zero-order valence-electron chi connectivity index (χ0n) is 12.3. The molecule has 1 N–H and O–H groups in total. The van der Waals surface area contributed by atoms with Gasteiger partial charge in [-0.1, -0.05) is 18.2 Å². The Morgan fingerprint density at radius 2 is 1.95 bits per heavy atom. The predicted molar refractivity (Wildman–Crippen MR) is 81.4 cm³/mol. The van der Waals surface area contributed by atoms with Crippen LogP contribution in [0.4, 0.5) is 0 Å². The largest absolute Gasteiger partial charge is 0.387 e. The Balaban J connectivity index is 2.01. The zero-order valence-corrected chi connectivity index (χ0v) is 12.3. The smallest absolute Gasteiger partial charge is 0.0991 e. The lowest BCUT2D eigenvalue weighted by Crippen LogP contribution is -2.27. The Kier molecular flexibility index (Phi) is 5.04. The van der Waals surface area contributed by atoms with E-state index in [-0.39, 0.29) is 6.04 Å². The lowest BCUT2D eigenvalue weighted by Gasteiger charge is -2.27. The van der Waals surface area contributed by atoms with E-state index >= 15 is 0 Å². The normalized spacial score (nSPS) is 13.7. The lowest BCUT2D eigenvalue weighted by molar-refractivity contribution is 0.108. The van der Waals surface area contributed by atoms with Gasteiger partial charge in [0.1, 0.15) is 0 Å². The monoisotopic (exact) mass is 281 g/mol. The van der Waals surface area contributed by atoms with Crippen molar-refractivity contribution in [3.8, 4) is 6.07 Å². The molecule has 4 nitrogen and oxygen atoms in total. The van der Waals surface area contributed by atoms with Gasteiger partial charge in [0.15, 0.2) is 0 Å². The third-order valence-corrected chi connectivity index (χ3v) is 3.71. The third-order valence-electron chi connectivity index (χ3n) is 3.71. The molecular weight excluding hydrogens is 262 g/mol. The molecule has 2 aromatic rings. The maximum Gasteiger partial charge on any atom is 0.0991 e. The van der Waals surface area contributed by atoms with E-state index < -0.39 is 6.10 Å². The molecule has 0 bridgehead atoms. The van der Waals surface area contributed by atoms with Gasteiger partial charge in [0.05, 0.1) is 17.7 Å². The number of nitrogens with zero attached hydrogens (tertiary/aromatic N) is 3. The second kappa shape index (κ2) is 6.98. The average Bonchev–Trinajstić information content (AvgIpc) is 2.55. The fourth-order valence-corrected chi connectivity index (χ4v) is 2.19. The van der Waals surface area contributed by atoms with E-state index in [0.717, 1.165) is 11.1 Å². The van der Waals surface area contributed by atoms with E-state index in [1.807, 2.05) is 25.4 Å². The summed E-state index contributed by atoms with van der Waals surface area (Å²) in [6.07, 6.45) is 3.01. The quantitative estimate of drug-likeness (QED) is 0.915. The number of nitriles is 1. The minimum absolute atomic E-state index is 0.173. The van der Waals surface area contributed by atoms with Crippen LogP contribution in [0.25, 0.3) is 0 Å². The van der Waals surface area contributed by atoms with E-state index in [2.05, 4.69) is 22.9 Å². The number of aliphatic hydroxyl groups excluding tert-OH is 1. The summed E-state index contributed by atoms with van der Waals surface area (Å²) in [6.45, 7) is 2.60. The zero-order chi connectivity index (χ0) is 15.2. The highest BCUT2D eigenvalue weighted by Gasteiger charge is 2.16. The van der Waals surface area contributed by atoms with E-state index in [1.54, 1.807) is 30.5 Å². The number of aliphatic hydroxyl groups is 1. The van der Waals surface area contributed by atoms with Crippen molar-refractivity contribution >= 4 is 0 Å². The minimum Gasteiger partial charge on any atom is -0.387 e. The summed E-state index contributed by atoms with van der Waals surface area (Å²) in [5.41, 5.74) is 2.54. The van der Waals surface area contributed by atoms with Crippen LogP contribution in [0.15, 0.2) is 48.8 Å². The standard InChI is InChI=1S/C17H19N3O/c1-13(16-4-3-9-19-11-16)20(2)12-17(21)15-7-5-14(10-18)6-8-15/h3-9,11,13,17,21H,12H2,1-2H3. The van der Waals surface area contributed by atoms with E-state index in [9.17, 15) is 5.11 Å². The van der Waals surface area contributed by atoms with Crippen LogP contribution in [0, 0.1) is 11.3 Å². The first-order valence-corrected chi connectivity index (χ1v) is 6.90. The molecule has 4 heteroatoms. The van der Waals surface area contributed by atoms with Crippen molar-refractivity contribution in [2.24, 2.45) is 0 Å². The molecule has 0 aliphatic rings. The van der Waals surface area contributed by atoms with Gasteiger partial charge in [-0.2, -0.15) is 5.26 Å². The SMILES string of the molecule is CC(c1cccnc1)N(C)CC(O)c1ccc(C#N)cc1. The van der Waals surface area contributed by atoms with Gasteiger partial charge in [-0.3, -0.25) is 9.88 Å². The van der Waals surface area contributed by atoms with Gasteiger partial charge in [-0.15, -0.1) is 0 Å². The van der Waals surface area contributed by atoms with Gasteiger partial charge in [0, 0.05) is 25.0 Å². The maximum atomic E-state index is 10.3. The molecule has 21 heavy (non-hydrogen) atoms. The molecule has 0 aliphatic carbocycles. The van der Waals surface area contributed by atoms with E-state index in [4.69, 9.17) is 5.26 Å². The van der Waals surface area contributed by atoms with Crippen molar-refractivity contribution in [2.45, 2.75) is 19.1 Å². The van der Waals surface area contributed by atoms with Gasteiger partial charge in [0.2, 0.25) is 0 Å². The molecule has 0 amide bonds. The van der Waals surface area contributed by atoms with Crippen LogP contribution in [0.2, 0.25) is 0 Å². The highest BCUT2D eigenvalue weighted by atomic mass is 16.3. The van der Waals surface area contributed by atoms with Crippen LogP contribution < -0.4 is 0 Å². The van der Waals surface area contributed by atoms with Crippen LogP contribution in [-0.2, 0) is 0 Å². The van der Waals surface area contributed by atoms with Crippen molar-refractivity contribution in [2.75, 3.05) is 13.6 Å². The molecule has 0 aliphatic heterocycles. The molecule has 1 aromatic carbocycles. The number of hydrogen-bond acceptors (Lipinski definition) is 4. The first-order chi connectivity index (χ1) is 10.1. The molecule has 108 valence electrons. The van der Waals surface area contributed by atoms with Gasteiger partial charge >= 0.3 is 0 Å². The molecule has 0 radical (unpaired) electrons. The molecular formula is C17H19N3O. The van der Waals surface area contributed by atoms with Crippen molar-refractivity contribution < 1.29 is 5.11 Å². The molecule has 2 unspecified atom stereocenters. The van der Waals surface area contributed by atoms with Gasteiger partial charge in [0.25, 0.3) is 0 Å². The van der Waals surface area contributed by atoms with E-state index in [0.29, 0.717) is 12.1 Å². The fourth-order valence-electron chi connectivity index (χ4n) is 2.19. The first-order valence-electron chi connectivity index (χ1n) is 6.90. The molecule has 0 saturated heterocycles. The summed E-state index contributed by atoms with van der Waals surface area (Å²) >= 11 is 0. The lowest BCUT2D eigenvalue weighted by atomic mass is 10.1. The second-order valence-corrected chi connectivity index (χ2v) is 5.15. The highest BCUT2D eigenvalue weighted by molar-refractivity contribution is 5.32. The average molecular weight is 281 g/mol. The van der Waals surface area contributed by atoms with Crippen LogP contribution >= 0.6 is 0 Å². The van der Waals surface area contributed by atoms with Crippen molar-refractivity contribution in [3.63, 3.8) is 0 Å². The van der Waals surface area contributed by atoms with Gasteiger partial charge in [-0.25, -0.2) is 0 Å². The fraction of sp³-hybridized carbons (Fsp3) is 0.294.